The van der Waals surface area contributed by atoms with Gasteiger partial charge < -0.3 is 8.92 Å². The molecule has 0 spiro atoms. The van der Waals surface area contributed by atoms with Crippen LogP contribution in [-0.4, -0.2) is 38.5 Å². The first-order chi connectivity index (χ1) is 16.1. The Kier molecular flexibility index (Phi) is 6.00. The van der Waals surface area contributed by atoms with Crippen LogP contribution in [0.2, 0.25) is 0 Å². The second-order valence-corrected chi connectivity index (χ2v) is 8.46. The van der Waals surface area contributed by atoms with E-state index in [-0.39, 0.29) is 28.9 Å². The zero-order valence-electron chi connectivity index (χ0n) is 17.4. The molecular weight excluding hydrogens is 479 g/mol. The topological polar surface area (TPSA) is 118 Å². The zero-order valence-corrected chi connectivity index (χ0v) is 18.2. The van der Waals surface area contributed by atoms with E-state index in [4.69, 9.17) is 4.74 Å². The fraction of sp³-hybridized carbons (Fsp3) is 0.200. The van der Waals surface area contributed by atoms with E-state index in [0.29, 0.717) is 17.7 Å². The smallest absolute Gasteiger partial charge is 0.487 e. The Balaban J connectivity index is 1.54. The van der Waals surface area contributed by atoms with E-state index >= 15 is 0 Å². The van der Waals surface area contributed by atoms with Gasteiger partial charge in [-0.3, -0.25) is 14.5 Å². The molecule has 0 fully saturated rings. The second-order valence-electron chi connectivity index (χ2n) is 6.92. The van der Waals surface area contributed by atoms with Crippen molar-refractivity contribution in [2.45, 2.75) is 25.6 Å². The molecule has 0 bridgehead atoms. The highest BCUT2D eigenvalue weighted by Crippen LogP contribution is 2.29. The molecule has 0 aliphatic rings. The summed E-state index contributed by atoms with van der Waals surface area (Å²) < 4.78 is 73.0. The lowest BCUT2D eigenvalue weighted by Gasteiger charge is -2.10. The molecule has 0 unspecified atom stereocenters. The van der Waals surface area contributed by atoms with Gasteiger partial charge in [0.2, 0.25) is 5.43 Å². The highest BCUT2D eigenvalue weighted by atomic mass is 32.2. The van der Waals surface area contributed by atoms with E-state index in [2.05, 4.69) is 19.4 Å². The van der Waals surface area contributed by atoms with Gasteiger partial charge in [-0.05, 0) is 31.2 Å². The molecule has 14 heteroatoms. The van der Waals surface area contributed by atoms with Crippen LogP contribution < -0.4 is 14.3 Å². The number of hydrogen-bond donors (Lipinski definition) is 0. The molecule has 0 amide bonds. The Hall–Kier alpha value is -3.94. The van der Waals surface area contributed by atoms with Gasteiger partial charge in [0, 0.05) is 24.2 Å². The molecule has 178 valence electrons. The number of ether oxygens (including phenoxy) is 1. The average molecular weight is 495 g/mol. The molecule has 0 radical (unpaired) electrons. The van der Waals surface area contributed by atoms with Crippen molar-refractivity contribution in [2.75, 3.05) is 0 Å². The molecule has 10 nitrogen and oxygen atoms in total. The maximum absolute atomic E-state index is 12.6. The Morgan fingerprint density at radius 2 is 1.85 bits per heavy atom. The van der Waals surface area contributed by atoms with Crippen LogP contribution in [0.3, 0.4) is 0 Å². The van der Waals surface area contributed by atoms with Crippen LogP contribution in [0.5, 0.6) is 11.5 Å². The van der Waals surface area contributed by atoms with E-state index in [1.165, 1.54) is 35.1 Å². The van der Waals surface area contributed by atoms with Crippen molar-refractivity contribution in [3.63, 3.8) is 0 Å². The maximum Gasteiger partial charge on any atom is 0.534 e. The summed E-state index contributed by atoms with van der Waals surface area (Å²) in [5.74, 6) is -0.359. The van der Waals surface area contributed by atoms with Crippen molar-refractivity contribution >= 4 is 21.0 Å². The molecule has 4 aromatic rings. The van der Waals surface area contributed by atoms with Crippen molar-refractivity contribution in [1.82, 2.24) is 24.5 Å². The number of aromatic nitrogens is 5. The predicted molar refractivity (Wildman–Crippen MR) is 113 cm³/mol. The second kappa shape index (κ2) is 8.78. The summed E-state index contributed by atoms with van der Waals surface area (Å²) in [6.45, 7) is 2.40. The van der Waals surface area contributed by atoms with Gasteiger partial charge in [0.25, 0.3) is 0 Å². The molecule has 34 heavy (non-hydrogen) atoms. The Bertz CT molecular complexity index is 1520. The van der Waals surface area contributed by atoms with Gasteiger partial charge in [0.15, 0.2) is 5.75 Å². The monoisotopic (exact) mass is 495 g/mol. The Morgan fingerprint density at radius 1 is 1.09 bits per heavy atom. The minimum absolute atomic E-state index is 0.110. The first-order valence-corrected chi connectivity index (χ1v) is 11.1. The van der Waals surface area contributed by atoms with Crippen LogP contribution in [0.15, 0.2) is 59.9 Å². The number of fused-ring (bicyclic) bond motifs is 1. The highest BCUT2D eigenvalue weighted by Gasteiger charge is 2.48. The lowest BCUT2D eigenvalue weighted by Crippen LogP contribution is -2.28. The van der Waals surface area contributed by atoms with Crippen molar-refractivity contribution in [3.8, 4) is 17.2 Å². The summed E-state index contributed by atoms with van der Waals surface area (Å²) in [6, 6.07) is 6.89. The van der Waals surface area contributed by atoms with E-state index < -0.39 is 21.4 Å². The summed E-state index contributed by atoms with van der Waals surface area (Å²) >= 11 is 0. The number of rotatable bonds is 7. The number of alkyl halides is 3. The minimum Gasteiger partial charge on any atom is -0.487 e. The fourth-order valence-corrected chi connectivity index (χ4v) is 3.32. The molecular formula is C20H16F3N5O5S. The number of benzene rings is 1. The number of halogens is 3. The Labute approximate surface area is 190 Å². The van der Waals surface area contributed by atoms with Gasteiger partial charge >= 0.3 is 15.6 Å². The first kappa shape index (κ1) is 23.2. The summed E-state index contributed by atoms with van der Waals surface area (Å²) in [5.41, 5.74) is -4.80. The summed E-state index contributed by atoms with van der Waals surface area (Å²) in [7, 11) is -5.83. The van der Waals surface area contributed by atoms with Crippen LogP contribution in [0.25, 0.3) is 16.6 Å². The van der Waals surface area contributed by atoms with Crippen LogP contribution in [0.1, 0.15) is 12.6 Å². The third kappa shape index (κ3) is 4.85. The number of hydrogen-bond acceptors (Lipinski definition) is 8. The molecule has 0 aliphatic carbocycles. The predicted octanol–water partition coefficient (Wildman–Crippen LogP) is 2.80. The summed E-state index contributed by atoms with van der Waals surface area (Å²) in [4.78, 5) is 16.1. The van der Waals surface area contributed by atoms with E-state index in [1.54, 1.807) is 17.1 Å². The van der Waals surface area contributed by atoms with Crippen LogP contribution in [-0.2, 0) is 23.3 Å². The minimum atomic E-state index is -5.83. The molecule has 0 saturated heterocycles. The Morgan fingerprint density at radius 3 is 2.56 bits per heavy atom. The van der Waals surface area contributed by atoms with Gasteiger partial charge in [-0.15, -0.1) is 0 Å². The van der Waals surface area contributed by atoms with Crippen LogP contribution in [0.4, 0.5) is 13.2 Å². The van der Waals surface area contributed by atoms with E-state index in [9.17, 15) is 26.4 Å². The zero-order chi connectivity index (χ0) is 24.5. The normalized spacial score (nSPS) is 12.1. The average Bonchev–Trinajstić information content (AvgIpc) is 3.26. The third-order valence-electron chi connectivity index (χ3n) is 4.58. The highest BCUT2D eigenvalue weighted by molar-refractivity contribution is 7.88. The SMILES string of the molecule is CCn1cc(-n2ccc(=O)c(COc3ccc4ncc(OS(=O)(=O)C(F)(F)F)cc4c3)n2)cn1. The third-order valence-corrected chi connectivity index (χ3v) is 5.56. The standard InChI is InChI=1S/C20H16F3N5O5S/c1-2-27-11-14(9-25-27)28-6-5-19(29)18(26-28)12-32-15-3-4-17-13(7-15)8-16(10-24-17)33-34(30,31)20(21,22)23/h3-11H,2,12H2,1H3. The molecule has 4 rings (SSSR count). The number of nitrogens with zero attached hydrogens (tertiary/aromatic N) is 5. The first-order valence-electron chi connectivity index (χ1n) is 9.71. The molecule has 1 aromatic carbocycles. The molecule has 3 heterocycles. The van der Waals surface area contributed by atoms with Gasteiger partial charge in [-0.1, -0.05) is 0 Å². The number of aryl methyl sites for hydroxylation is 1. The van der Waals surface area contributed by atoms with Crippen molar-refractivity contribution < 1.29 is 30.5 Å². The summed E-state index contributed by atoms with van der Waals surface area (Å²) in [5, 5.41) is 8.69. The lowest BCUT2D eigenvalue weighted by molar-refractivity contribution is -0.0500. The van der Waals surface area contributed by atoms with Gasteiger partial charge in [0.05, 0.1) is 24.1 Å². The molecule has 0 aliphatic heterocycles. The van der Waals surface area contributed by atoms with Gasteiger partial charge in [-0.25, -0.2) is 4.68 Å². The van der Waals surface area contributed by atoms with Gasteiger partial charge in [0.1, 0.15) is 23.7 Å². The maximum atomic E-state index is 12.6. The molecule has 3 aromatic heterocycles. The van der Waals surface area contributed by atoms with Crippen LogP contribution >= 0.6 is 0 Å². The molecule has 0 saturated carbocycles. The molecule has 0 N–H and O–H groups in total. The fourth-order valence-electron chi connectivity index (χ4n) is 2.89. The summed E-state index contributed by atoms with van der Waals surface area (Å²) in [6.07, 6.45) is 5.72. The molecule has 0 atom stereocenters. The largest absolute Gasteiger partial charge is 0.534 e. The van der Waals surface area contributed by atoms with E-state index in [0.717, 1.165) is 12.3 Å². The lowest BCUT2D eigenvalue weighted by atomic mass is 10.2. The van der Waals surface area contributed by atoms with Crippen molar-refractivity contribution in [2.24, 2.45) is 0 Å². The van der Waals surface area contributed by atoms with Crippen molar-refractivity contribution in [3.05, 3.63) is 71.0 Å². The quantitative estimate of drug-likeness (QED) is 0.284. The van der Waals surface area contributed by atoms with E-state index in [1.807, 2.05) is 6.92 Å². The van der Waals surface area contributed by atoms with Gasteiger partial charge in [-0.2, -0.15) is 31.8 Å². The van der Waals surface area contributed by atoms with Crippen LogP contribution in [0, 0.1) is 0 Å². The van der Waals surface area contributed by atoms with Crippen molar-refractivity contribution in [1.29, 1.82) is 0 Å². The number of pyridine rings is 1.